The number of amides is 1. The van der Waals surface area contributed by atoms with Gasteiger partial charge in [-0.1, -0.05) is 19.8 Å². The zero-order chi connectivity index (χ0) is 12.7. The average Bonchev–Trinajstić information content (AvgIpc) is 2.38. The highest BCUT2D eigenvalue weighted by atomic mass is 16.2. The van der Waals surface area contributed by atoms with Crippen LogP contribution in [0.2, 0.25) is 0 Å². The molecule has 1 rings (SSSR count). The molecule has 1 aromatic heterocycles. The smallest absolute Gasteiger partial charge is 0.273 e. The molecule has 0 fully saturated rings. The largest absolute Gasteiger partial charge is 0.340 e. The molecule has 6 heteroatoms. The van der Waals surface area contributed by atoms with E-state index in [-0.39, 0.29) is 5.91 Å². The molecule has 0 bridgehead atoms. The minimum Gasteiger partial charge on any atom is -0.340 e. The number of hydrogen-bond donors (Lipinski definition) is 2. The molecule has 6 nitrogen and oxygen atoms in total. The number of nitrogens with two attached hydrogens (primary N) is 1. The molecule has 1 heterocycles. The number of nitrogen functional groups attached to an aromatic ring is 1. The fourth-order valence-corrected chi connectivity index (χ4v) is 1.43. The molecule has 0 aliphatic rings. The number of carbonyl (C=O) groups excluding carboxylic acids is 1. The van der Waals surface area contributed by atoms with Crippen molar-refractivity contribution in [1.82, 2.24) is 14.9 Å². The first-order chi connectivity index (χ1) is 8.19. The van der Waals surface area contributed by atoms with Crippen LogP contribution in [0.25, 0.3) is 0 Å². The third-order valence-electron chi connectivity index (χ3n) is 2.45. The van der Waals surface area contributed by atoms with Gasteiger partial charge in [0.05, 0.1) is 12.4 Å². The van der Waals surface area contributed by atoms with Crippen LogP contribution in [0.1, 0.15) is 36.7 Å². The molecule has 0 aromatic carbocycles. The first-order valence-corrected chi connectivity index (χ1v) is 5.73. The van der Waals surface area contributed by atoms with Gasteiger partial charge in [-0.15, -0.1) is 0 Å². The number of unbranched alkanes of at least 4 members (excludes halogenated alkanes) is 2. The summed E-state index contributed by atoms with van der Waals surface area (Å²) in [7, 11) is 1.77. The van der Waals surface area contributed by atoms with Crippen LogP contribution in [0.3, 0.4) is 0 Å². The number of anilines is 1. The molecule has 0 unspecified atom stereocenters. The SMILES string of the molecule is CCCCCN(C)C(=O)c1cncc(NN)n1. The molecular formula is C11H19N5O. The van der Waals surface area contributed by atoms with E-state index in [4.69, 9.17) is 5.84 Å². The van der Waals surface area contributed by atoms with Crippen LogP contribution >= 0.6 is 0 Å². The van der Waals surface area contributed by atoms with Gasteiger partial charge in [-0.2, -0.15) is 0 Å². The van der Waals surface area contributed by atoms with Crippen molar-refractivity contribution >= 4 is 11.7 Å². The molecule has 94 valence electrons. The van der Waals surface area contributed by atoms with Crippen molar-refractivity contribution in [3.63, 3.8) is 0 Å². The lowest BCUT2D eigenvalue weighted by molar-refractivity contribution is 0.0786. The van der Waals surface area contributed by atoms with Crippen molar-refractivity contribution < 1.29 is 4.79 Å². The number of aromatic nitrogens is 2. The van der Waals surface area contributed by atoms with Crippen molar-refractivity contribution in [2.45, 2.75) is 26.2 Å². The van der Waals surface area contributed by atoms with Gasteiger partial charge >= 0.3 is 0 Å². The fourth-order valence-electron chi connectivity index (χ4n) is 1.43. The molecule has 1 aromatic rings. The lowest BCUT2D eigenvalue weighted by Crippen LogP contribution is -2.29. The summed E-state index contributed by atoms with van der Waals surface area (Å²) in [5, 5.41) is 0. The lowest BCUT2D eigenvalue weighted by atomic mass is 10.2. The number of hydrazine groups is 1. The van der Waals surface area contributed by atoms with Crippen LogP contribution < -0.4 is 11.3 Å². The van der Waals surface area contributed by atoms with E-state index in [0.717, 1.165) is 25.8 Å². The minimum absolute atomic E-state index is 0.134. The predicted molar refractivity (Wildman–Crippen MR) is 66.3 cm³/mol. The van der Waals surface area contributed by atoms with Gasteiger partial charge in [-0.05, 0) is 6.42 Å². The molecule has 0 spiro atoms. The van der Waals surface area contributed by atoms with Gasteiger partial charge in [0.2, 0.25) is 0 Å². The predicted octanol–water partition coefficient (Wildman–Crippen LogP) is 1.02. The molecule has 3 N–H and O–H groups in total. The zero-order valence-corrected chi connectivity index (χ0v) is 10.3. The highest BCUT2D eigenvalue weighted by Crippen LogP contribution is 2.05. The topological polar surface area (TPSA) is 84.1 Å². The summed E-state index contributed by atoms with van der Waals surface area (Å²) < 4.78 is 0. The van der Waals surface area contributed by atoms with E-state index in [1.54, 1.807) is 11.9 Å². The van der Waals surface area contributed by atoms with Crippen molar-refractivity contribution in [3.8, 4) is 0 Å². The molecule has 0 radical (unpaired) electrons. The first kappa shape index (κ1) is 13.4. The minimum atomic E-state index is -0.134. The second kappa shape index (κ2) is 6.80. The molecule has 0 aliphatic heterocycles. The number of rotatable bonds is 6. The Bertz CT molecular complexity index is 369. The van der Waals surface area contributed by atoms with E-state index in [1.807, 2.05) is 0 Å². The van der Waals surface area contributed by atoms with Gasteiger partial charge < -0.3 is 10.3 Å². The summed E-state index contributed by atoms with van der Waals surface area (Å²) in [6.07, 6.45) is 6.16. The van der Waals surface area contributed by atoms with Gasteiger partial charge in [-0.3, -0.25) is 9.78 Å². The second-order valence-corrected chi connectivity index (χ2v) is 3.87. The first-order valence-electron chi connectivity index (χ1n) is 5.73. The van der Waals surface area contributed by atoms with E-state index >= 15 is 0 Å². The Kier molecular flexibility index (Phi) is 5.35. The van der Waals surface area contributed by atoms with Crippen LogP contribution in [0.4, 0.5) is 5.82 Å². The standard InChI is InChI=1S/C11H19N5O/c1-3-4-5-6-16(2)11(17)9-7-13-8-10(14-9)15-12/h7-8H,3-6,12H2,1-2H3,(H,14,15). The van der Waals surface area contributed by atoms with Crippen molar-refractivity contribution in [2.24, 2.45) is 5.84 Å². The second-order valence-electron chi connectivity index (χ2n) is 3.87. The summed E-state index contributed by atoms with van der Waals surface area (Å²) in [6, 6.07) is 0. The molecule has 0 saturated carbocycles. The third kappa shape index (κ3) is 3.99. The van der Waals surface area contributed by atoms with Gasteiger partial charge in [0, 0.05) is 13.6 Å². The Balaban J connectivity index is 2.61. The van der Waals surface area contributed by atoms with E-state index < -0.39 is 0 Å². The molecule has 1 amide bonds. The molecule has 17 heavy (non-hydrogen) atoms. The number of nitrogens with zero attached hydrogens (tertiary/aromatic N) is 3. The Morgan fingerprint density at radius 3 is 2.88 bits per heavy atom. The monoisotopic (exact) mass is 237 g/mol. The van der Waals surface area contributed by atoms with Crippen molar-refractivity contribution in [2.75, 3.05) is 19.0 Å². The molecular weight excluding hydrogens is 218 g/mol. The van der Waals surface area contributed by atoms with Gasteiger partial charge in [0.15, 0.2) is 5.82 Å². The van der Waals surface area contributed by atoms with E-state index in [1.165, 1.54) is 12.4 Å². The number of nitrogens with one attached hydrogen (secondary N) is 1. The Morgan fingerprint density at radius 1 is 1.47 bits per heavy atom. The maximum absolute atomic E-state index is 12.0. The summed E-state index contributed by atoms with van der Waals surface area (Å²) in [5.74, 6) is 5.47. The molecule has 0 atom stereocenters. The quantitative estimate of drug-likeness (QED) is 0.438. The maximum atomic E-state index is 12.0. The van der Waals surface area contributed by atoms with Crippen LogP contribution in [-0.2, 0) is 0 Å². The van der Waals surface area contributed by atoms with Crippen LogP contribution in [0, 0.1) is 0 Å². The van der Waals surface area contributed by atoms with Crippen LogP contribution in [-0.4, -0.2) is 34.4 Å². The lowest BCUT2D eigenvalue weighted by Gasteiger charge is -2.16. The van der Waals surface area contributed by atoms with E-state index in [9.17, 15) is 4.79 Å². The Hall–Kier alpha value is -1.69. The van der Waals surface area contributed by atoms with Gasteiger partial charge in [0.25, 0.3) is 5.91 Å². The van der Waals surface area contributed by atoms with Crippen LogP contribution in [0.15, 0.2) is 12.4 Å². The van der Waals surface area contributed by atoms with E-state index in [2.05, 4.69) is 22.3 Å². The Morgan fingerprint density at radius 2 is 2.24 bits per heavy atom. The fraction of sp³-hybridized carbons (Fsp3) is 0.545. The highest BCUT2D eigenvalue weighted by molar-refractivity contribution is 5.92. The van der Waals surface area contributed by atoms with Crippen LogP contribution in [0.5, 0.6) is 0 Å². The zero-order valence-electron chi connectivity index (χ0n) is 10.3. The van der Waals surface area contributed by atoms with Crippen molar-refractivity contribution in [1.29, 1.82) is 0 Å². The summed E-state index contributed by atoms with van der Waals surface area (Å²) in [4.78, 5) is 21.6. The molecule has 0 saturated heterocycles. The van der Waals surface area contributed by atoms with Gasteiger partial charge in [0.1, 0.15) is 5.69 Å². The van der Waals surface area contributed by atoms with Gasteiger partial charge in [-0.25, -0.2) is 10.8 Å². The summed E-state index contributed by atoms with van der Waals surface area (Å²) in [5.41, 5.74) is 2.67. The third-order valence-corrected chi connectivity index (χ3v) is 2.45. The van der Waals surface area contributed by atoms with Crippen molar-refractivity contribution in [3.05, 3.63) is 18.1 Å². The highest BCUT2D eigenvalue weighted by Gasteiger charge is 2.13. The molecule has 0 aliphatic carbocycles. The summed E-state index contributed by atoms with van der Waals surface area (Å²) >= 11 is 0. The summed E-state index contributed by atoms with van der Waals surface area (Å²) in [6.45, 7) is 2.86. The number of carbonyl (C=O) groups is 1. The Labute approximate surface area is 101 Å². The average molecular weight is 237 g/mol. The number of hydrogen-bond acceptors (Lipinski definition) is 5. The maximum Gasteiger partial charge on any atom is 0.273 e. The normalized spacial score (nSPS) is 10.1. The van der Waals surface area contributed by atoms with E-state index in [0.29, 0.717) is 11.5 Å².